The van der Waals surface area contributed by atoms with Gasteiger partial charge in [0.25, 0.3) is 0 Å². The van der Waals surface area contributed by atoms with E-state index in [4.69, 9.17) is 21.7 Å². The van der Waals surface area contributed by atoms with Crippen LogP contribution in [0.3, 0.4) is 0 Å². The topological polar surface area (TPSA) is 18.5 Å². The van der Waals surface area contributed by atoms with Crippen LogP contribution >= 0.6 is 24.0 Å². The van der Waals surface area contributed by atoms with Crippen molar-refractivity contribution in [1.82, 2.24) is 0 Å². The summed E-state index contributed by atoms with van der Waals surface area (Å²) in [6.07, 6.45) is 1.18. The predicted molar refractivity (Wildman–Crippen MR) is 62.1 cm³/mol. The molecule has 0 amide bonds. The van der Waals surface area contributed by atoms with Crippen molar-refractivity contribution in [2.45, 2.75) is 45.7 Å². The summed E-state index contributed by atoms with van der Waals surface area (Å²) in [5.74, 6) is 0. The number of thiocarbonyl (C=S) groups is 1. The minimum Gasteiger partial charge on any atom is -0.476 e. The van der Waals surface area contributed by atoms with Crippen molar-refractivity contribution in [2.24, 2.45) is 0 Å². The molecule has 0 aliphatic carbocycles. The van der Waals surface area contributed by atoms with Crippen molar-refractivity contribution in [2.75, 3.05) is 6.61 Å². The molecule has 4 heteroatoms. The minimum absolute atomic E-state index is 0.0848. The average molecular weight is 222 g/mol. The van der Waals surface area contributed by atoms with Crippen molar-refractivity contribution < 1.29 is 9.47 Å². The van der Waals surface area contributed by atoms with E-state index >= 15 is 0 Å². The Morgan fingerprint density at radius 2 is 2.00 bits per heavy atom. The lowest BCUT2D eigenvalue weighted by atomic mass is 10.3. The fourth-order valence-corrected chi connectivity index (χ4v) is 1.95. The molecule has 0 aromatic rings. The summed E-state index contributed by atoms with van der Waals surface area (Å²) in [7, 11) is 0. The molecule has 0 saturated heterocycles. The van der Waals surface area contributed by atoms with Crippen molar-refractivity contribution in [3.05, 3.63) is 0 Å². The maximum Gasteiger partial charge on any atom is 0.222 e. The standard InChI is InChI=1S/C9H18O2S2/c1-5-7(3)11-9(12)13-8(4)10-6-2/h7-8H,5-6H2,1-4H3. The summed E-state index contributed by atoms with van der Waals surface area (Å²) in [6, 6.07) is 0. The van der Waals surface area contributed by atoms with Gasteiger partial charge in [0.2, 0.25) is 4.38 Å². The third-order valence-corrected chi connectivity index (χ3v) is 2.68. The maximum atomic E-state index is 5.43. The molecule has 0 heterocycles. The van der Waals surface area contributed by atoms with Crippen LogP contribution in [0.1, 0.15) is 34.1 Å². The number of thioether (sulfide) groups is 1. The molecule has 78 valence electrons. The van der Waals surface area contributed by atoms with Crippen LogP contribution in [0.25, 0.3) is 0 Å². The van der Waals surface area contributed by atoms with Gasteiger partial charge in [0.15, 0.2) is 0 Å². The van der Waals surface area contributed by atoms with E-state index in [1.54, 1.807) is 0 Å². The molecule has 0 aromatic heterocycles. The lowest BCUT2D eigenvalue weighted by molar-refractivity contribution is 0.137. The normalized spacial score (nSPS) is 15.1. The monoisotopic (exact) mass is 222 g/mol. The molecule has 0 spiro atoms. The second-order valence-electron chi connectivity index (χ2n) is 2.73. The molecule has 0 N–H and O–H groups in total. The summed E-state index contributed by atoms with van der Waals surface area (Å²) < 4.78 is 11.3. The Bertz CT molecular complexity index is 151. The Morgan fingerprint density at radius 1 is 1.38 bits per heavy atom. The molecule has 2 unspecified atom stereocenters. The van der Waals surface area contributed by atoms with E-state index in [1.165, 1.54) is 11.8 Å². The SMILES string of the molecule is CCOC(C)SC(=S)OC(C)CC. The maximum absolute atomic E-state index is 5.43. The molecule has 0 bridgehead atoms. The van der Waals surface area contributed by atoms with Crippen LogP contribution in [0.2, 0.25) is 0 Å². The predicted octanol–water partition coefficient (Wildman–Crippen LogP) is 3.20. The minimum atomic E-state index is 0.0848. The van der Waals surface area contributed by atoms with E-state index in [0.717, 1.165) is 6.42 Å². The van der Waals surface area contributed by atoms with Gasteiger partial charge in [0, 0.05) is 6.61 Å². The Labute approximate surface area is 90.4 Å². The van der Waals surface area contributed by atoms with E-state index in [1.807, 2.05) is 20.8 Å². The van der Waals surface area contributed by atoms with Crippen LogP contribution in [0, 0.1) is 0 Å². The van der Waals surface area contributed by atoms with Gasteiger partial charge in [-0.2, -0.15) is 0 Å². The first-order valence-corrected chi connectivity index (χ1v) is 5.87. The van der Waals surface area contributed by atoms with Crippen molar-refractivity contribution in [3.8, 4) is 0 Å². The first-order valence-electron chi connectivity index (χ1n) is 4.59. The van der Waals surface area contributed by atoms with Crippen molar-refractivity contribution in [1.29, 1.82) is 0 Å². The quantitative estimate of drug-likeness (QED) is 0.525. The Kier molecular flexibility index (Phi) is 7.71. The van der Waals surface area contributed by atoms with Crippen molar-refractivity contribution >= 4 is 28.4 Å². The lowest BCUT2D eigenvalue weighted by Gasteiger charge is -2.15. The van der Waals surface area contributed by atoms with Gasteiger partial charge in [-0.3, -0.25) is 0 Å². The molecule has 0 rings (SSSR count). The van der Waals surface area contributed by atoms with E-state index in [-0.39, 0.29) is 11.5 Å². The number of rotatable bonds is 5. The van der Waals surface area contributed by atoms with Crippen LogP contribution in [0.5, 0.6) is 0 Å². The molecule has 2 nitrogen and oxygen atoms in total. The number of hydrogen-bond donors (Lipinski definition) is 0. The largest absolute Gasteiger partial charge is 0.476 e. The van der Waals surface area contributed by atoms with Crippen LogP contribution in [-0.2, 0) is 9.47 Å². The number of hydrogen-bond acceptors (Lipinski definition) is 4. The van der Waals surface area contributed by atoms with Crippen molar-refractivity contribution in [3.63, 3.8) is 0 Å². The van der Waals surface area contributed by atoms with Gasteiger partial charge < -0.3 is 9.47 Å². The highest BCUT2D eigenvalue weighted by Crippen LogP contribution is 2.16. The van der Waals surface area contributed by atoms with Gasteiger partial charge in [0.1, 0.15) is 5.44 Å². The van der Waals surface area contributed by atoms with Gasteiger partial charge in [-0.05, 0) is 51.2 Å². The van der Waals surface area contributed by atoms with E-state index in [9.17, 15) is 0 Å². The highest BCUT2D eigenvalue weighted by atomic mass is 32.2. The Hall–Kier alpha value is 0.200. The summed E-state index contributed by atoms with van der Waals surface area (Å²) >= 11 is 6.50. The molecule has 0 aliphatic heterocycles. The molecular weight excluding hydrogens is 204 g/mol. The highest BCUT2D eigenvalue weighted by Gasteiger charge is 2.09. The summed E-state index contributed by atoms with van der Waals surface area (Å²) in [5, 5.41) is 0. The zero-order valence-corrected chi connectivity index (χ0v) is 10.3. The molecule has 0 aromatic carbocycles. The fourth-order valence-electron chi connectivity index (χ4n) is 0.680. The van der Waals surface area contributed by atoms with Gasteiger partial charge in [-0.25, -0.2) is 0 Å². The van der Waals surface area contributed by atoms with Gasteiger partial charge in [0.05, 0.1) is 6.10 Å². The Morgan fingerprint density at radius 3 is 2.46 bits per heavy atom. The zero-order valence-electron chi connectivity index (χ0n) is 8.70. The van der Waals surface area contributed by atoms with Crippen LogP contribution in [0.15, 0.2) is 0 Å². The third kappa shape index (κ3) is 7.28. The lowest BCUT2D eigenvalue weighted by Crippen LogP contribution is -2.13. The Balaban J connectivity index is 3.61. The molecular formula is C9H18O2S2. The fraction of sp³-hybridized carbons (Fsp3) is 0.889. The molecule has 0 aliphatic rings. The smallest absolute Gasteiger partial charge is 0.222 e. The molecule has 0 fully saturated rings. The van der Waals surface area contributed by atoms with Gasteiger partial charge in [-0.1, -0.05) is 6.92 Å². The van der Waals surface area contributed by atoms with Crippen LogP contribution in [0.4, 0.5) is 0 Å². The third-order valence-electron chi connectivity index (χ3n) is 1.54. The van der Waals surface area contributed by atoms with E-state index in [2.05, 4.69) is 6.92 Å². The summed E-state index contributed by atoms with van der Waals surface area (Å²) in [5.41, 5.74) is 0.0848. The van der Waals surface area contributed by atoms with Gasteiger partial charge >= 0.3 is 0 Å². The van der Waals surface area contributed by atoms with Crippen LogP contribution < -0.4 is 0 Å². The molecule has 2 atom stereocenters. The second-order valence-corrected chi connectivity index (χ2v) is 4.63. The van der Waals surface area contributed by atoms with E-state index in [0.29, 0.717) is 11.0 Å². The number of ether oxygens (including phenoxy) is 2. The first-order chi connectivity index (χ1) is 6.10. The van der Waals surface area contributed by atoms with Gasteiger partial charge in [-0.15, -0.1) is 0 Å². The molecule has 13 heavy (non-hydrogen) atoms. The summed E-state index contributed by atoms with van der Waals surface area (Å²) in [6.45, 7) is 8.73. The first kappa shape index (κ1) is 13.2. The summed E-state index contributed by atoms with van der Waals surface area (Å²) in [4.78, 5) is 0. The van der Waals surface area contributed by atoms with Crippen LogP contribution in [-0.4, -0.2) is 22.5 Å². The zero-order chi connectivity index (χ0) is 10.3. The molecule has 0 radical (unpaired) electrons. The van der Waals surface area contributed by atoms with E-state index < -0.39 is 0 Å². The average Bonchev–Trinajstić information content (AvgIpc) is 2.04. The highest BCUT2D eigenvalue weighted by molar-refractivity contribution is 8.22. The molecule has 0 saturated carbocycles. The second kappa shape index (κ2) is 7.59.